The molecule has 3 N–H and O–H groups in total. The molecule has 1 heterocycles. The van der Waals surface area contributed by atoms with Crippen LogP contribution in [0.3, 0.4) is 0 Å². The average Bonchev–Trinajstić information content (AvgIpc) is 2.95. The lowest BCUT2D eigenvalue weighted by Crippen LogP contribution is -2.16. The third-order valence-electron chi connectivity index (χ3n) is 3.39. The number of benzene rings is 2. The number of carbonyl (C=O) groups is 2. The molecule has 0 fully saturated rings. The predicted octanol–water partition coefficient (Wildman–Crippen LogP) is 2.50. The van der Waals surface area contributed by atoms with E-state index in [1.54, 1.807) is 24.3 Å². The molecule has 0 amide bonds. The van der Waals surface area contributed by atoms with Crippen molar-refractivity contribution in [2.24, 2.45) is 0 Å². The molecule has 7 heteroatoms. The van der Waals surface area contributed by atoms with E-state index in [1.807, 2.05) is 30.3 Å². The van der Waals surface area contributed by atoms with Crippen LogP contribution < -0.4 is 11.1 Å². The van der Waals surface area contributed by atoms with Crippen molar-refractivity contribution < 1.29 is 9.59 Å². The van der Waals surface area contributed by atoms with Crippen molar-refractivity contribution in [3.8, 4) is 0 Å². The second kappa shape index (κ2) is 6.33. The SMILES string of the molecule is CC(=O)c1ccc(C(=O)n2nc(Nc3ccccc3)nc2N)cc1. The Morgan fingerprint density at radius 1 is 1.00 bits per heavy atom. The summed E-state index contributed by atoms with van der Waals surface area (Å²) in [5.74, 6) is -0.277. The van der Waals surface area contributed by atoms with Gasteiger partial charge in [0.05, 0.1) is 0 Å². The molecule has 0 bridgehead atoms. The zero-order valence-corrected chi connectivity index (χ0v) is 12.9. The van der Waals surface area contributed by atoms with Gasteiger partial charge in [-0.2, -0.15) is 9.67 Å². The molecule has 120 valence electrons. The molecule has 0 spiro atoms. The van der Waals surface area contributed by atoms with E-state index in [4.69, 9.17) is 5.73 Å². The molecule has 7 nitrogen and oxygen atoms in total. The van der Waals surface area contributed by atoms with Crippen LogP contribution in [0.2, 0.25) is 0 Å². The monoisotopic (exact) mass is 321 g/mol. The van der Waals surface area contributed by atoms with E-state index in [-0.39, 0.29) is 17.7 Å². The molecule has 0 saturated carbocycles. The Labute approximate surface area is 138 Å². The fourth-order valence-corrected chi connectivity index (χ4v) is 2.15. The third-order valence-corrected chi connectivity index (χ3v) is 3.39. The van der Waals surface area contributed by atoms with Gasteiger partial charge >= 0.3 is 0 Å². The van der Waals surface area contributed by atoms with Crippen molar-refractivity contribution in [3.05, 3.63) is 65.7 Å². The molecule has 0 aliphatic carbocycles. The summed E-state index contributed by atoms with van der Waals surface area (Å²) in [6.45, 7) is 1.47. The molecule has 3 aromatic rings. The first-order valence-corrected chi connectivity index (χ1v) is 7.25. The molecule has 0 aliphatic heterocycles. The standard InChI is InChI=1S/C17H15N5O2/c1-11(23)12-7-9-13(10-8-12)15(24)22-16(18)20-17(21-22)19-14-5-3-2-4-6-14/h2-10H,1H3,(H3,18,19,20,21). The molecule has 0 unspecified atom stereocenters. The Morgan fingerprint density at radius 3 is 2.25 bits per heavy atom. The lowest BCUT2D eigenvalue weighted by atomic mass is 10.1. The Hall–Kier alpha value is -3.48. The van der Waals surface area contributed by atoms with Crippen LogP contribution >= 0.6 is 0 Å². The summed E-state index contributed by atoms with van der Waals surface area (Å²) in [4.78, 5) is 27.8. The smallest absolute Gasteiger partial charge is 0.281 e. The number of hydrogen-bond acceptors (Lipinski definition) is 6. The second-order valence-corrected chi connectivity index (χ2v) is 5.14. The van der Waals surface area contributed by atoms with Gasteiger partial charge in [0.1, 0.15) is 0 Å². The second-order valence-electron chi connectivity index (χ2n) is 5.14. The van der Waals surface area contributed by atoms with Gasteiger partial charge in [-0.1, -0.05) is 30.3 Å². The normalized spacial score (nSPS) is 10.4. The van der Waals surface area contributed by atoms with E-state index < -0.39 is 5.91 Å². The molecule has 2 aromatic carbocycles. The summed E-state index contributed by atoms with van der Waals surface area (Å²) in [5.41, 5.74) is 7.47. The highest BCUT2D eigenvalue weighted by Crippen LogP contribution is 2.15. The molecular weight excluding hydrogens is 306 g/mol. The summed E-state index contributed by atoms with van der Waals surface area (Å²) in [6, 6.07) is 15.6. The number of nitrogen functional groups attached to an aromatic ring is 1. The molecular formula is C17H15N5O2. The zero-order valence-electron chi connectivity index (χ0n) is 12.9. The van der Waals surface area contributed by atoms with E-state index in [2.05, 4.69) is 15.4 Å². The highest BCUT2D eigenvalue weighted by Gasteiger charge is 2.16. The van der Waals surface area contributed by atoms with Gasteiger partial charge in [0, 0.05) is 16.8 Å². The third kappa shape index (κ3) is 3.14. The van der Waals surface area contributed by atoms with Crippen LogP contribution in [0.4, 0.5) is 17.6 Å². The van der Waals surface area contributed by atoms with Crippen LogP contribution in [0.1, 0.15) is 27.6 Å². The van der Waals surface area contributed by atoms with E-state index >= 15 is 0 Å². The van der Waals surface area contributed by atoms with Crippen LogP contribution in [-0.2, 0) is 0 Å². The zero-order chi connectivity index (χ0) is 17.1. The molecule has 24 heavy (non-hydrogen) atoms. The Bertz CT molecular complexity index is 885. The van der Waals surface area contributed by atoms with Crippen LogP contribution in [0, 0.1) is 0 Å². The largest absolute Gasteiger partial charge is 0.368 e. The molecule has 1 aromatic heterocycles. The average molecular weight is 321 g/mol. The molecule has 0 aliphatic rings. The number of carbonyl (C=O) groups excluding carboxylic acids is 2. The number of ketones is 1. The van der Waals surface area contributed by atoms with E-state index in [0.717, 1.165) is 10.4 Å². The first-order chi connectivity index (χ1) is 11.5. The van der Waals surface area contributed by atoms with Crippen molar-refractivity contribution in [1.29, 1.82) is 0 Å². The minimum atomic E-state index is -0.420. The van der Waals surface area contributed by atoms with Gasteiger partial charge in [0.25, 0.3) is 5.91 Å². The Morgan fingerprint density at radius 2 is 1.62 bits per heavy atom. The summed E-state index contributed by atoms with van der Waals surface area (Å²) in [5, 5.41) is 7.07. The fraction of sp³-hybridized carbons (Fsp3) is 0.0588. The van der Waals surface area contributed by atoms with Gasteiger partial charge in [-0.05, 0) is 31.2 Å². The quantitative estimate of drug-likeness (QED) is 0.716. The summed E-state index contributed by atoms with van der Waals surface area (Å²) in [6.07, 6.45) is 0. The lowest BCUT2D eigenvalue weighted by molar-refractivity contribution is 0.0946. The van der Waals surface area contributed by atoms with Crippen LogP contribution in [0.5, 0.6) is 0 Å². The highest BCUT2D eigenvalue weighted by atomic mass is 16.2. The number of anilines is 3. The number of rotatable bonds is 4. The van der Waals surface area contributed by atoms with Crippen molar-refractivity contribution in [1.82, 2.24) is 14.8 Å². The molecule has 0 radical (unpaired) electrons. The van der Waals surface area contributed by atoms with E-state index in [0.29, 0.717) is 11.1 Å². The van der Waals surface area contributed by atoms with Gasteiger partial charge in [-0.15, -0.1) is 5.10 Å². The Balaban J connectivity index is 1.84. The van der Waals surface area contributed by atoms with Gasteiger partial charge in [0.2, 0.25) is 11.9 Å². The summed E-state index contributed by atoms with van der Waals surface area (Å²) >= 11 is 0. The Kier molecular flexibility index (Phi) is 4.07. The van der Waals surface area contributed by atoms with Gasteiger partial charge in [-0.3, -0.25) is 9.59 Å². The topological polar surface area (TPSA) is 103 Å². The minimum absolute atomic E-state index is 0.0194. The number of hydrogen-bond donors (Lipinski definition) is 2. The molecule has 0 atom stereocenters. The van der Waals surface area contributed by atoms with Gasteiger partial charge in [-0.25, -0.2) is 0 Å². The first-order valence-electron chi connectivity index (χ1n) is 7.25. The van der Waals surface area contributed by atoms with E-state index in [1.165, 1.54) is 6.92 Å². The number of nitrogens with two attached hydrogens (primary N) is 1. The number of Topliss-reactive ketones (excluding diaryl/α,β-unsaturated/α-hetero) is 1. The molecule has 0 saturated heterocycles. The van der Waals surface area contributed by atoms with Crippen LogP contribution in [0.15, 0.2) is 54.6 Å². The predicted molar refractivity (Wildman–Crippen MR) is 90.3 cm³/mol. The summed E-state index contributed by atoms with van der Waals surface area (Å²) < 4.78 is 1.02. The van der Waals surface area contributed by atoms with Crippen LogP contribution in [0.25, 0.3) is 0 Å². The lowest BCUT2D eigenvalue weighted by Gasteiger charge is -2.02. The number of nitrogens with one attached hydrogen (secondary N) is 1. The number of para-hydroxylation sites is 1. The van der Waals surface area contributed by atoms with E-state index in [9.17, 15) is 9.59 Å². The first kappa shape index (κ1) is 15.4. The van der Waals surface area contributed by atoms with Gasteiger partial charge < -0.3 is 11.1 Å². The number of nitrogens with zero attached hydrogens (tertiary/aromatic N) is 3. The summed E-state index contributed by atoms with van der Waals surface area (Å²) in [7, 11) is 0. The highest BCUT2D eigenvalue weighted by molar-refractivity contribution is 5.99. The van der Waals surface area contributed by atoms with Crippen molar-refractivity contribution >= 4 is 29.3 Å². The maximum Gasteiger partial charge on any atom is 0.281 e. The van der Waals surface area contributed by atoms with Gasteiger partial charge in [0.15, 0.2) is 5.78 Å². The fourth-order valence-electron chi connectivity index (χ4n) is 2.15. The molecule has 3 rings (SSSR count). The maximum absolute atomic E-state index is 12.5. The minimum Gasteiger partial charge on any atom is -0.368 e. The number of aromatic nitrogens is 3. The van der Waals surface area contributed by atoms with Crippen molar-refractivity contribution in [2.45, 2.75) is 6.92 Å². The van der Waals surface area contributed by atoms with Crippen molar-refractivity contribution in [2.75, 3.05) is 11.1 Å². The maximum atomic E-state index is 12.5. The van der Waals surface area contributed by atoms with Crippen molar-refractivity contribution in [3.63, 3.8) is 0 Å². The van der Waals surface area contributed by atoms with Crippen LogP contribution in [-0.4, -0.2) is 26.5 Å².